The lowest BCUT2D eigenvalue weighted by Crippen LogP contribution is -2.19. The highest BCUT2D eigenvalue weighted by Crippen LogP contribution is 2.16. The first-order valence-electron chi connectivity index (χ1n) is 9.62. The van der Waals surface area contributed by atoms with E-state index in [1.54, 1.807) is 36.4 Å². The van der Waals surface area contributed by atoms with Gasteiger partial charge in [-0.05, 0) is 67.4 Å². The zero-order chi connectivity index (χ0) is 22.9. The van der Waals surface area contributed by atoms with Crippen molar-refractivity contribution in [2.45, 2.75) is 25.6 Å². The molecule has 3 aromatic rings. The third-order valence-electron chi connectivity index (χ3n) is 4.13. The molecule has 9 nitrogen and oxygen atoms in total. The van der Waals surface area contributed by atoms with Crippen molar-refractivity contribution in [2.24, 2.45) is 5.10 Å². The number of nitro groups is 1. The molecule has 0 spiro atoms. The highest BCUT2D eigenvalue weighted by Gasteiger charge is 2.06. The number of hydrogen-bond acceptors (Lipinski definition) is 8. The van der Waals surface area contributed by atoms with Gasteiger partial charge in [0.25, 0.3) is 11.6 Å². The Bertz CT molecular complexity index is 1100. The number of aryl methyl sites for hydroxylation is 2. The van der Waals surface area contributed by atoms with Gasteiger partial charge in [0, 0.05) is 23.5 Å². The van der Waals surface area contributed by atoms with Crippen molar-refractivity contribution >= 4 is 29.6 Å². The summed E-state index contributed by atoms with van der Waals surface area (Å²) >= 11 is 1.25. The fourth-order valence-corrected chi connectivity index (χ4v) is 3.37. The van der Waals surface area contributed by atoms with E-state index in [4.69, 9.17) is 4.74 Å². The average molecular weight is 452 g/mol. The first-order chi connectivity index (χ1) is 15.4. The van der Waals surface area contributed by atoms with E-state index in [1.165, 1.54) is 30.1 Å². The number of amides is 1. The molecule has 0 aliphatic carbocycles. The Morgan fingerprint density at radius 3 is 2.41 bits per heavy atom. The first kappa shape index (κ1) is 22.9. The van der Waals surface area contributed by atoms with Crippen LogP contribution < -0.4 is 10.2 Å². The molecular formula is C22H21N5O4S. The van der Waals surface area contributed by atoms with Crippen LogP contribution in [0.3, 0.4) is 0 Å². The van der Waals surface area contributed by atoms with Gasteiger partial charge in [0.1, 0.15) is 12.4 Å². The largest absolute Gasteiger partial charge is 0.489 e. The Morgan fingerprint density at radius 1 is 1.12 bits per heavy atom. The van der Waals surface area contributed by atoms with E-state index in [2.05, 4.69) is 20.5 Å². The molecule has 0 atom stereocenters. The van der Waals surface area contributed by atoms with E-state index in [0.717, 1.165) is 22.5 Å². The van der Waals surface area contributed by atoms with E-state index in [0.29, 0.717) is 17.5 Å². The zero-order valence-electron chi connectivity index (χ0n) is 17.5. The van der Waals surface area contributed by atoms with Gasteiger partial charge in [0.15, 0.2) is 5.16 Å². The number of hydrazone groups is 1. The first-order valence-corrected chi connectivity index (χ1v) is 10.6. The summed E-state index contributed by atoms with van der Waals surface area (Å²) in [4.78, 5) is 30.8. The number of carbonyl (C=O) groups excluding carboxylic acids is 1. The van der Waals surface area contributed by atoms with Crippen LogP contribution in [0.15, 0.2) is 64.9 Å². The van der Waals surface area contributed by atoms with Gasteiger partial charge < -0.3 is 4.74 Å². The van der Waals surface area contributed by atoms with Gasteiger partial charge >= 0.3 is 0 Å². The molecule has 0 saturated carbocycles. The lowest BCUT2D eigenvalue weighted by Gasteiger charge is -2.06. The number of nitro benzene ring substituents is 1. The second-order valence-electron chi connectivity index (χ2n) is 6.80. The van der Waals surface area contributed by atoms with Crippen molar-refractivity contribution in [3.63, 3.8) is 0 Å². The van der Waals surface area contributed by atoms with Gasteiger partial charge in [0.05, 0.1) is 16.9 Å². The van der Waals surface area contributed by atoms with Crippen LogP contribution in [0, 0.1) is 24.0 Å². The molecule has 10 heteroatoms. The number of carbonyl (C=O) groups is 1. The molecule has 0 saturated heterocycles. The molecule has 164 valence electrons. The van der Waals surface area contributed by atoms with E-state index >= 15 is 0 Å². The molecule has 1 N–H and O–H groups in total. The number of benzene rings is 2. The molecule has 2 aromatic carbocycles. The maximum Gasteiger partial charge on any atom is 0.269 e. The van der Waals surface area contributed by atoms with Crippen molar-refractivity contribution in [2.75, 3.05) is 5.75 Å². The molecule has 0 radical (unpaired) electrons. The summed E-state index contributed by atoms with van der Waals surface area (Å²) in [6, 6.07) is 15.3. The minimum atomic E-state index is -0.439. The average Bonchev–Trinajstić information content (AvgIpc) is 2.77. The van der Waals surface area contributed by atoms with Gasteiger partial charge in [-0.25, -0.2) is 15.4 Å². The van der Waals surface area contributed by atoms with Crippen LogP contribution in [-0.4, -0.2) is 32.8 Å². The summed E-state index contributed by atoms with van der Waals surface area (Å²) in [5.74, 6) is 0.557. The van der Waals surface area contributed by atoms with E-state index < -0.39 is 4.92 Å². The predicted molar refractivity (Wildman–Crippen MR) is 122 cm³/mol. The molecule has 32 heavy (non-hydrogen) atoms. The Kier molecular flexibility index (Phi) is 7.87. The third kappa shape index (κ3) is 7.17. The molecular weight excluding hydrogens is 430 g/mol. The smallest absolute Gasteiger partial charge is 0.269 e. The molecule has 1 amide bonds. The minimum absolute atomic E-state index is 0.0432. The monoisotopic (exact) mass is 451 g/mol. The number of ether oxygens (including phenoxy) is 1. The molecule has 0 fully saturated rings. The van der Waals surface area contributed by atoms with Crippen LogP contribution in [0.5, 0.6) is 5.75 Å². The summed E-state index contributed by atoms with van der Waals surface area (Å²) in [6.45, 7) is 4.06. The van der Waals surface area contributed by atoms with Crippen LogP contribution >= 0.6 is 11.8 Å². The van der Waals surface area contributed by atoms with Gasteiger partial charge in [-0.15, -0.1) is 0 Å². The Morgan fingerprint density at radius 2 is 1.78 bits per heavy atom. The molecule has 1 aromatic heterocycles. The van der Waals surface area contributed by atoms with Crippen LogP contribution in [0.25, 0.3) is 0 Å². The van der Waals surface area contributed by atoms with Crippen molar-refractivity contribution in [3.05, 3.63) is 87.2 Å². The van der Waals surface area contributed by atoms with Crippen LogP contribution in [0.1, 0.15) is 22.5 Å². The zero-order valence-corrected chi connectivity index (χ0v) is 18.3. The van der Waals surface area contributed by atoms with E-state index in [9.17, 15) is 14.9 Å². The van der Waals surface area contributed by atoms with E-state index in [1.807, 2.05) is 19.9 Å². The highest BCUT2D eigenvalue weighted by molar-refractivity contribution is 7.99. The molecule has 0 aliphatic rings. The highest BCUT2D eigenvalue weighted by atomic mass is 32.2. The lowest BCUT2D eigenvalue weighted by molar-refractivity contribution is -0.384. The van der Waals surface area contributed by atoms with Gasteiger partial charge in [0.2, 0.25) is 0 Å². The summed E-state index contributed by atoms with van der Waals surface area (Å²) in [5, 5.41) is 15.2. The van der Waals surface area contributed by atoms with Crippen LogP contribution in [0.2, 0.25) is 0 Å². The summed E-state index contributed by atoms with van der Waals surface area (Å²) in [5.41, 5.74) is 5.86. The quantitative estimate of drug-likeness (QED) is 0.173. The topological polar surface area (TPSA) is 120 Å². The van der Waals surface area contributed by atoms with Gasteiger partial charge in [-0.1, -0.05) is 11.8 Å². The fourth-order valence-electron chi connectivity index (χ4n) is 2.63. The lowest BCUT2D eigenvalue weighted by atomic mass is 10.2. The second kappa shape index (κ2) is 11.0. The van der Waals surface area contributed by atoms with Crippen molar-refractivity contribution in [1.29, 1.82) is 0 Å². The van der Waals surface area contributed by atoms with Crippen molar-refractivity contribution in [1.82, 2.24) is 15.4 Å². The van der Waals surface area contributed by atoms with Gasteiger partial charge in [-0.3, -0.25) is 14.9 Å². The Hall–Kier alpha value is -3.79. The van der Waals surface area contributed by atoms with Crippen molar-refractivity contribution < 1.29 is 14.5 Å². The van der Waals surface area contributed by atoms with Crippen LogP contribution in [0.4, 0.5) is 5.69 Å². The number of thioether (sulfide) groups is 1. The predicted octanol–water partition coefficient (Wildman–Crippen LogP) is 3.82. The number of nitrogens with zero attached hydrogens (tertiary/aromatic N) is 4. The molecule has 0 bridgehead atoms. The minimum Gasteiger partial charge on any atom is -0.489 e. The fraction of sp³-hybridized carbons (Fsp3) is 0.182. The normalized spacial score (nSPS) is 10.8. The third-order valence-corrected chi connectivity index (χ3v) is 4.98. The summed E-state index contributed by atoms with van der Waals surface area (Å²) < 4.78 is 5.68. The summed E-state index contributed by atoms with van der Waals surface area (Å²) in [7, 11) is 0. The van der Waals surface area contributed by atoms with Crippen molar-refractivity contribution in [3.8, 4) is 5.75 Å². The SMILES string of the molecule is Cc1cc(C)nc(SCC(=O)N/N=C/c2ccc(OCc3ccc([N+](=O)[O-])cc3)cc2)n1. The molecule has 1 heterocycles. The molecule has 0 unspecified atom stereocenters. The van der Waals surface area contributed by atoms with Gasteiger partial charge in [-0.2, -0.15) is 5.10 Å². The Balaban J connectivity index is 1.43. The number of rotatable bonds is 9. The second-order valence-corrected chi connectivity index (χ2v) is 7.74. The number of aromatic nitrogens is 2. The molecule has 3 rings (SSSR count). The van der Waals surface area contributed by atoms with E-state index in [-0.39, 0.29) is 17.3 Å². The number of non-ortho nitro benzene ring substituents is 1. The maximum absolute atomic E-state index is 12.0. The number of nitrogens with one attached hydrogen (secondary N) is 1. The Labute approximate surface area is 189 Å². The maximum atomic E-state index is 12.0. The molecule has 0 aliphatic heterocycles. The standard InChI is InChI=1S/C22H21N5O4S/c1-15-11-16(2)25-22(24-15)32-14-21(28)26-23-12-17-5-9-20(10-6-17)31-13-18-3-7-19(8-4-18)27(29)30/h3-12H,13-14H2,1-2H3,(H,26,28)/b23-12+. The summed E-state index contributed by atoms with van der Waals surface area (Å²) in [6.07, 6.45) is 1.54. The number of hydrogen-bond donors (Lipinski definition) is 1. The van der Waals surface area contributed by atoms with Crippen LogP contribution in [-0.2, 0) is 11.4 Å².